The molecule has 1 unspecified atom stereocenters. The van der Waals surface area contributed by atoms with E-state index in [9.17, 15) is 0 Å². The summed E-state index contributed by atoms with van der Waals surface area (Å²) >= 11 is 11.8. The predicted octanol–water partition coefficient (Wildman–Crippen LogP) is 4.08. The van der Waals surface area contributed by atoms with Gasteiger partial charge in [0.05, 0.1) is 7.11 Å². The summed E-state index contributed by atoms with van der Waals surface area (Å²) in [7, 11) is 1.63. The zero-order valence-corrected chi connectivity index (χ0v) is 9.90. The molecule has 0 spiro atoms. The Balaban J connectivity index is 2.88. The van der Waals surface area contributed by atoms with Gasteiger partial charge in [-0.15, -0.1) is 11.6 Å². The highest BCUT2D eigenvalue weighted by molar-refractivity contribution is 6.31. The zero-order valence-electron chi connectivity index (χ0n) is 8.39. The van der Waals surface area contributed by atoms with E-state index in [2.05, 4.69) is 6.92 Å². The molecule has 0 aromatic heterocycles. The summed E-state index contributed by atoms with van der Waals surface area (Å²) in [4.78, 5) is 0. The lowest BCUT2D eigenvalue weighted by Gasteiger charge is -2.12. The lowest BCUT2D eigenvalue weighted by atomic mass is 9.98. The van der Waals surface area contributed by atoms with Gasteiger partial charge in [0.1, 0.15) is 5.75 Å². The molecule has 3 heteroatoms. The lowest BCUT2D eigenvalue weighted by Crippen LogP contribution is -1.96. The molecule has 0 saturated heterocycles. The Morgan fingerprint density at radius 3 is 2.64 bits per heavy atom. The molecule has 78 valence electrons. The molecule has 1 aromatic rings. The van der Waals surface area contributed by atoms with E-state index in [1.165, 1.54) is 0 Å². The van der Waals surface area contributed by atoms with Gasteiger partial charge in [-0.05, 0) is 30.0 Å². The van der Waals surface area contributed by atoms with E-state index < -0.39 is 0 Å². The van der Waals surface area contributed by atoms with Crippen molar-refractivity contribution < 1.29 is 4.74 Å². The summed E-state index contributed by atoms with van der Waals surface area (Å²) in [6.07, 6.45) is 0.938. The van der Waals surface area contributed by atoms with E-state index in [1.54, 1.807) is 7.11 Å². The summed E-state index contributed by atoms with van der Waals surface area (Å²) in [5.74, 6) is 1.84. The van der Waals surface area contributed by atoms with Crippen molar-refractivity contribution in [3.05, 3.63) is 28.8 Å². The Morgan fingerprint density at radius 2 is 2.14 bits per heavy atom. The van der Waals surface area contributed by atoms with Crippen LogP contribution in [0.25, 0.3) is 0 Å². The fraction of sp³-hybridized carbons (Fsp3) is 0.455. The first kappa shape index (κ1) is 11.7. The van der Waals surface area contributed by atoms with E-state index in [0.29, 0.717) is 11.8 Å². The van der Waals surface area contributed by atoms with Crippen molar-refractivity contribution in [2.24, 2.45) is 0 Å². The third-order valence-corrected chi connectivity index (χ3v) is 2.83. The predicted molar refractivity (Wildman–Crippen MR) is 61.8 cm³/mol. The van der Waals surface area contributed by atoms with Crippen molar-refractivity contribution in [1.82, 2.24) is 0 Å². The SMILES string of the molecule is COc1ccc(C(C)CCCl)c(Cl)c1. The van der Waals surface area contributed by atoms with Gasteiger partial charge in [0.25, 0.3) is 0 Å². The summed E-state index contributed by atoms with van der Waals surface area (Å²) < 4.78 is 5.08. The zero-order chi connectivity index (χ0) is 10.6. The van der Waals surface area contributed by atoms with Crippen molar-refractivity contribution in [2.75, 3.05) is 13.0 Å². The van der Waals surface area contributed by atoms with Crippen LogP contribution in [0.4, 0.5) is 0 Å². The maximum absolute atomic E-state index is 6.12. The minimum Gasteiger partial charge on any atom is -0.497 e. The molecular weight excluding hydrogens is 219 g/mol. The molecular formula is C11H14Cl2O. The monoisotopic (exact) mass is 232 g/mol. The molecule has 0 aliphatic carbocycles. The van der Waals surface area contributed by atoms with Crippen molar-refractivity contribution in [3.63, 3.8) is 0 Å². The number of alkyl halides is 1. The molecule has 0 fully saturated rings. The number of halogens is 2. The molecule has 1 atom stereocenters. The van der Waals surface area contributed by atoms with Gasteiger partial charge in [-0.3, -0.25) is 0 Å². The summed E-state index contributed by atoms with van der Waals surface area (Å²) in [6, 6.07) is 5.76. The van der Waals surface area contributed by atoms with E-state index >= 15 is 0 Å². The average molecular weight is 233 g/mol. The Bertz CT molecular complexity index is 299. The van der Waals surface area contributed by atoms with Crippen LogP contribution in [0.15, 0.2) is 18.2 Å². The van der Waals surface area contributed by atoms with Gasteiger partial charge in [-0.25, -0.2) is 0 Å². The highest BCUT2D eigenvalue weighted by Gasteiger charge is 2.09. The van der Waals surface area contributed by atoms with Gasteiger partial charge < -0.3 is 4.74 Å². The maximum Gasteiger partial charge on any atom is 0.120 e. The van der Waals surface area contributed by atoms with Crippen LogP contribution in [-0.4, -0.2) is 13.0 Å². The van der Waals surface area contributed by atoms with Gasteiger partial charge in [0.2, 0.25) is 0 Å². The van der Waals surface area contributed by atoms with Crippen LogP contribution in [0.3, 0.4) is 0 Å². The number of hydrogen-bond acceptors (Lipinski definition) is 1. The van der Waals surface area contributed by atoms with Crippen LogP contribution in [0.1, 0.15) is 24.8 Å². The van der Waals surface area contributed by atoms with Crippen LogP contribution >= 0.6 is 23.2 Å². The van der Waals surface area contributed by atoms with Crippen LogP contribution < -0.4 is 4.74 Å². The normalized spacial score (nSPS) is 12.6. The minimum atomic E-state index is 0.394. The molecule has 0 aliphatic heterocycles. The first-order chi connectivity index (χ1) is 6.69. The lowest BCUT2D eigenvalue weighted by molar-refractivity contribution is 0.414. The van der Waals surface area contributed by atoms with Gasteiger partial charge in [0.15, 0.2) is 0 Å². The Kier molecular flexibility index (Phi) is 4.56. The largest absolute Gasteiger partial charge is 0.497 e. The second kappa shape index (κ2) is 5.47. The molecule has 0 N–H and O–H groups in total. The quantitative estimate of drug-likeness (QED) is 0.712. The average Bonchev–Trinajstić information content (AvgIpc) is 2.17. The second-order valence-corrected chi connectivity index (χ2v) is 4.05. The second-order valence-electron chi connectivity index (χ2n) is 3.27. The van der Waals surface area contributed by atoms with Crippen molar-refractivity contribution >= 4 is 23.2 Å². The van der Waals surface area contributed by atoms with Crippen molar-refractivity contribution in [3.8, 4) is 5.75 Å². The topological polar surface area (TPSA) is 9.23 Å². The molecule has 1 rings (SSSR count). The highest BCUT2D eigenvalue weighted by Crippen LogP contribution is 2.30. The molecule has 0 heterocycles. The smallest absolute Gasteiger partial charge is 0.120 e. The number of ether oxygens (including phenoxy) is 1. The first-order valence-corrected chi connectivity index (χ1v) is 5.49. The highest BCUT2D eigenvalue weighted by atomic mass is 35.5. The van der Waals surface area contributed by atoms with Gasteiger partial charge in [-0.1, -0.05) is 24.6 Å². The van der Waals surface area contributed by atoms with Gasteiger partial charge in [0, 0.05) is 10.9 Å². The Hall–Kier alpha value is -0.400. The molecule has 0 aliphatic rings. The van der Waals surface area contributed by atoms with Crippen LogP contribution in [0.2, 0.25) is 5.02 Å². The third kappa shape index (κ3) is 2.79. The molecule has 0 bridgehead atoms. The van der Waals surface area contributed by atoms with E-state index in [4.69, 9.17) is 27.9 Å². The number of hydrogen-bond donors (Lipinski definition) is 0. The van der Waals surface area contributed by atoms with Gasteiger partial charge in [-0.2, -0.15) is 0 Å². The Labute approximate surface area is 95.0 Å². The van der Waals surface area contributed by atoms with Crippen molar-refractivity contribution in [2.45, 2.75) is 19.3 Å². The standard InChI is InChI=1S/C11H14Cl2O/c1-8(5-6-12)10-4-3-9(14-2)7-11(10)13/h3-4,7-8H,5-6H2,1-2H3. The number of benzene rings is 1. The first-order valence-electron chi connectivity index (χ1n) is 4.58. The van der Waals surface area contributed by atoms with Crippen LogP contribution in [-0.2, 0) is 0 Å². The molecule has 1 aromatic carbocycles. The summed E-state index contributed by atoms with van der Waals surface area (Å²) in [5.41, 5.74) is 1.13. The van der Waals surface area contributed by atoms with E-state index in [1.807, 2.05) is 18.2 Å². The molecule has 1 nitrogen and oxygen atoms in total. The maximum atomic E-state index is 6.12. The van der Waals surface area contributed by atoms with E-state index in [0.717, 1.165) is 22.8 Å². The fourth-order valence-electron chi connectivity index (χ4n) is 1.35. The van der Waals surface area contributed by atoms with E-state index in [-0.39, 0.29) is 0 Å². The molecule has 14 heavy (non-hydrogen) atoms. The summed E-state index contributed by atoms with van der Waals surface area (Å²) in [5, 5.41) is 0.752. The molecule has 0 amide bonds. The third-order valence-electron chi connectivity index (χ3n) is 2.28. The Morgan fingerprint density at radius 1 is 1.43 bits per heavy atom. The molecule has 0 saturated carbocycles. The molecule has 0 radical (unpaired) electrons. The van der Waals surface area contributed by atoms with Crippen LogP contribution in [0.5, 0.6) is 5.75 Å². The van der Waals surface area contributed by atoms with Gasteiger partial charge >= 0.3 is 0 Å². The number of rotatable bonds is 4. The minimum absolute atomic E-state index is 0.394. The fourth-order valence-corrected chi connectivity index (χ4v) is 2.04. The van der Waals surface area contributed by atoms with Crippen LogP contribution in [0, 0.1) is 0 Å². The number of methoxy groups -OCH3 is 1. The summed E-state index contributed by atoms with van der Waals surface area (Å²) in [6.45, 7) is 2.12. The van der Waals surface area contributed by atoms with Crippen molar-refractivity contribution in [1.29, 1.82) is 0 Å².